The van der Waals surface area contributed by atoms with Crippen molar-refractivity contribution in [3.05, 3.63) is 65.9 Å². The van der Waals surface area contributed by atoms with Crippen LogP contribution in [0.25, 0.3) is 10.9 Å². The molecule has 1 aliphatic heterocycles. The second-order valence-electron chi connectivity index (χ2n) is 6.55. The zero-order chi connectivity index (χ0) is 19.2. The molecule has 0 saturated carbocycles. The van der Waals surface area contributed by atoms with Gasteiger partial charge in [0.2, 0.25) is 6.79 Å². The fourth-order valence-electron chi connectivity index (χ4n) is 3.22. The molecule has 0 fully saturated rings. The van der Waals surface area contributed by atoms with Crippen molar-refractivity contribution in [1.29, 1.82) is 0 Å². The summed E-state index contributed by atoms with van der Waals surface area (Å²) >= 11 is 0. The van der Waals surface area contributed by atoms with Crippen LogP contribution < -0.4 is 20.1 Å². The van der Waals surface area contributed by atoms with E-state index in [-0.39, 0.29) is 24.0 Å². The van der Waals surface area contributed by atoms with Crippen LogP contribution in [0.3, 0.4) is 0 Å². The van der Waals surface area contributed by atoms with Crippen LogP contribution >= 0.6 is 24.0 Å². The summed E-state index contributed by atoms with van der Waals surface area (Å²) in [5.74, 6) is 2.44. The summed E-state index contributed by atoms with van der Waals surface area (Å²) in [5.41, 5.74) is 3.32. The highest BCUT2D eigenvalue weighted by Crippen LogP contribution is 2.32. The molecule has 0 unspecified atom stereocenters. The Morgan fingerprint density at radius 2 is 1.93 bits per heavy atom. The SMILES string of the molecule is CCNC(=NCc1cccc2cccnc12)NCCc1ccc2c(c1)OCO2.I. The van der Waals surface area contributed by atoms with Gasteiger partial charge in [-0.25, -0.2) is 4.99 Å². The van der Waals surface area contributed by atoms with Gasteiger partial charge >= 0.3 is 0 Å². The standard InChI is InChI=1S/C22H24N4O2.HI/c1-2-23-22(25-12-10-16-8-9-19-20(13-16)28-15-27-19)26-14-18-6-3-5-17-7-4-11-24-21(17)18;/h3-9,11,13H,2,10,12,14-15H2,1H3,(H2,23,25,26);1H. The van der Waals surface area contributed by atoms with E-state index in [9.17, 15) is 0 Å². The van der Waals surface area contributed by atoms with Crippen LogP contribution in [0.5, 0.6) is 11.5 Å². The van der Waals surface area contributed by atoms with Crippen LogP contribution in [0.1, 0.15) is 18.1 Å². The molecule has 0 spiro atoms. The van der Waals surface area contributed by atoms with Crippen LogP contribution in [0.15, 0.2) is 59.7 Å². The molecule has 152 valence electrons. The molecule has 1 aliphatic rings. The van der Waals surface area contributed by atoms with E-state index in [1.54, 1.807) is 0 Å². The summed E-state index contributed by atoms with van der Waals surface area (Å²) in [7, 11) is 0. The smallest absolute Gasteiger partial charge is 0.231 e. The Labute approximate surface area is 187 Å². The molecule has 0 bridgehead atoms. The minimum absolute atomic E-state index is 0. The van der Waals surface area contributed by atoms with Crippen LogP contribution in [0.2, 0.25) is 0 Å². The quantitative estimate of drug-likeness (QED) is 0.303. The summed E-state index contributed by atoms with van der Waals surface area (Å²) in [5, 5.41) is 7.84. The van der Waals surface area contributed by atoms with Crippen LogP contribution in [0, 0.1) is 0 Å². The molecule has 2 N–H and O–H groups in total. The third-order valence-electron chi connectivity index (χ3n) is 4.61. The van der Waals surface area contributed by atoms with Gasteiger partial charge in [0.05, 0.1) is 12.1 Å². The number of pyridine rings is 1. The lowest BCUT2D eigenvalue weighted by Crippen LogP contribution is -2.38. The van der Waals surface area contributed by atoms with Crippen molar-refractivity contribution in [3.8, 4) is 11.5 Å². The second-order valence-corrected chi connectivity index (χ2v) is 6.55. The summed E-state index contributed by atoms with van der Waals surface area (Å²) in [6.45, 7) is 4.53. The van der Waals surface area contributed by atoms with Gasteiger partial charge in [0.1, 0.15) is 0 Å². The van der Waals surface area contributed by atoms with Gasteiger partial charge in [-0.05, 0) is 42.7 Å². The molecule has 2 heterocycles. The second kappa shape index (κ2) is 10.3. The van der Waals surface area contributed by atoms with Crippen molar-refractivity contribution < 1.29 is 9.47 Å². The maximum atomic E-state index is 5.44. The number of nitrogens with zero attached hydrogens (tertiary/aromatic N) is 2. The Morgan fingerprint density at radius 1 is 1.07 bits per heavy atom. The Hall–Kier alpha value is -2.55. The molecule has 0 atom stereocenters. The number of benzene rings is 2. The molecule has 29 heavy (non-hydrogen) atoms. The Bertz CT molecular complexity index is 988. The lowest BCUT2D eigenvalue weighted by molar-refractivity contribution is 0.174. The van der Waals surface area contributed by atoms with Gasteiger partial charge in [0.25, 0.3) is 0 Å². The van der Waals surface area contributed by atoms with E-state index in [2.05, 4.69) is 52.9 Å². The predicted octanol–water partition coefficient (Wildman–Crippen LogP) is 3.88. The van der Waals surface area contributed by atoms with E-state index in [1.165, 1.54) is 5.56 Å². The molecule has 2 aromatic carbocycles. The predicted molar refractivity (Wildman–Crippen MR) is 126 cm³/mol. The van der Waals surface area contributed by atoms with Gasteiger partial charge in [0, 0.05) is 24.7 Å². The van der Waals surface area contributed by atoms with Crippen molar-refractivity contribution in [3.63, 3.8) is 0 Å². The summed E-state index contributed by atoms with van der Waals surface area (Å²) in [6, 6.07) is 16.3. The largest absolute Gasteiger partial charge is 0.454 e. The summed E-state index contributed by atoms with van der Waals surface area (Å²) in [6.07, 6.45) is 2.70. The molecule has 0 saturated heterocycles. The number of rotatable bonds is 6. The van der Waals surface area contributed by atoms with E-state index in [0.29, 0.717) is 13.3 Å². The normalized spacial score (nSPS) is 12.5. The number of halogens is 1. The fraction of sp³-hybridized carbons (Fsp3) is 0.273. The molecule has 1 aromatic heterocycles. The Kier molecular flexibility index (Phi) is 7.51. The first kappa shape index (κ1) is 21.2. The van der Waals surface area contributed by atoms with Crippen molar-refractivity contribution in [2.24, 2.45) is 4.99 Å². The topological polar surface area (TPSA) is 67.8 Å². The highest BCUT2D eigenvalue weighted by molar-refractivity contribution is 14.0. The number of hydrogen-bond donors (Lipinski definition) is 2. The van der Waals surface area contributed by atoms with Crippen molar-refractivity contribution >= 4 is 40.8 Å². The monoisotopic (exact) mass is 504 g/mol. The van der Waals surface area contributed by atoms with Crippen LogP contribution in [0.4, 0.5) is 0 Å². The average Bonchev–Trinajstić information content (AvgIpc) is 3.20. The maximum absolute atomic E-state index is 5.44. The van der Waals surface area contributed by atoms with Crippen molar-refractivity contribution in [2.75, 3.05) is 19.9 Å². The van der Waals surface area contributed by atoms with Gasteiger partial charge in [0.15, 0.2) is 17.5 Å². The first-order valence-electron chi connectivity index (χ1n) is 9.57. The summed E-state index contributed by atoms with van der Waals surface area (Å²) in [4.78, 5) is 9.24. The van der Waals surface area contributed by atoms with Gasteiger partial charge in [-0.1, -0.05) is 30.3 Å². The molecule has 6 nitrogen and oxygen atoms in total. The number of aromatic nitrogens is 1. The minimum atomic E-state index is 0. The molecule has 7 heteroatoms. The lowest BCUT2D eigenvalue weighted by Gasteiger charge is -2.12. The van der Waals surface area contributed by atoms with Crippen molar-refractivity contribution in [1.82, 2.24) is 15.6 Å². The Balaban J connectivity index is 0.00000240. The van der Waals surface area contributed by atoms with Gasteiger partial charge in [-0.3, -0.25) is 4.98 Å². The first-order valence-corrected chi connectivity index (χ1v) is 9.57. The number of para-hydroxylation sites is 1. The highest BCUT2D eigenvalue weighted by Gasteiger charge is 2.13. The third-order valence-corrected chi connectivity index (χ3v) is 4.61. The van der Waals surface area contributed by atoms with E-state index in [4.69, 9.17) is 14.5 Å². The third kappa shape index (κ3) is 5.29. The van der Waals surface area contributed by atoms with E-state index < -0.39 is 0 Å². The molecule has 3 aromatic rings. The van der Waals surface area contributed by atoms with E-state index >= 15 is 0 Å². The number of guanidine groups is 1. The van der Waals surface area contributed by atoms with Crippen LogP contribution in [-0.4, -0.2) is 30.8 Å². The zero-order valence-corrected chi connectivity index (χ0v) is 18.7. The molecule has 0 amide bonds. The number of nitrogens with one attached hydrogen (secondary N) is 2. The Morgan fingerprint density at radius 3 is 2.83 bits per heavy atom. The first-order chi connectivity index (χ1) is 13.8. The lowest BCUT2D eigenvalue weighted by atomic mass is 10.1. The molecule has 4 rings (SSSR count). The summed E-state index contributed by atoms with van der Waals surface area (Å²) < 4.78 is 10.8. The van der Waals surface area contributed by atoms with E-state index in [0.717, 1.165) is 53.4 Å². The van der Waals surface area contributed by atoms with Gasteiger partial charge < -0.3 is 20.1 Å². The number of fused-ring (bicyclic) bond motifs is 2. The van der Waals surface area contributed by atoms with Crippen LogP contribution in [-0.2, 0) is 13.0 Å². The molecular weight excluding hydrogens is 479 g/mol. The number of aliphatic imine (C=N–C) groups is 1. The fourth-order valence-corrected chi connectivity index (χ4v) is 3.22. The van der Waals surface area contributed by atoms with Gasteiger partial charge in [-0.15, -0.1) is 24.0 Å². The number of hydrogen-bond acceptors (Lipinski definition) is 4. The number of ether oxygens (including phenoxy) is 2. The van der Waals surface area contributed by atoms with Gasteiger partial charge in [-0.2, -0.15) is 0 Å². The maximum Gasteiger partial charge on any atom is 0.231 e. The average molecular weight is 504 g/mol. The molecule has 0 radical (unpaired) electrons. The zero-order valence-electron chi connectivity index (χ0n) is 16.4. The van der Waals surface area contributed by atoms with Crippen molar-refractivity contribution in [2.45, 2.75) is 19.9 Å². The molecule has 0 aliphatic carbocycles. The molecular formula is C22H25IN4O2. The minimum Gasteiger partial charge on any atom is -0.454 e. The van der Waals surface area contributed by atoms with E-state index in [1.807, 2.05) is 24.4 Å². The highest BCUT2D eigenvalue weighted by atomic mass is 127.